The molecule has 2 nitrogen and oxygen atoms in total. The molecule has 0 radical (unpaired) electrons. The molecule has 0 aliphatic carbocycles. The van der Waals surface area contributed by atoms with Gasteiger partial charge >= 0.3 is 0 Å². The first-order chi connectivity index (χ1) is 22.8. The van der Waals surface area contributed by atoms with Gasteiger partial charge in [0.1, 0.15) is 12.4 Å². The third-order valence-corrected chi connectivity index (χ3v) is 10.6. The molecule has 0 aliphatic rings. The second kappa shape index (κ2) is 35.5. The van der Waals surface area contributed by atoms with Crippen molar-refractivity contribution in [3.63, 3.8) is 0 Å². The van der Waals surface area contributed by atoms with Crippen molar-refractivity contribution in [1.82, 2.24) is 4.57 Å². The van der Waals surface area contributed by atoms with Crippen LogP contribution in [-0.2, 0) is 19.5 Å². The zero-order valence-corrected chi connectivity index (χ0v) is 32.4. The smallest absolute Gasteiger partial charge is 0.234 e. The maximum atomic E-state index is 2.63. The Balaban J connectivity index is 2.14. The number of hydrogen-bond donors (Lipinski definition) is 0. The quantitative estimate of drug-likeness (QED) is 0.0501. The number of aryl methyl sites for hydroxylation is 2. The van der Waals surface area contributed by atoms with Crippen LogP contribution in [0, 0.1) is 0 Å². The van der Waals surface area contributed by atoms with Gasteiger partial charge in [0.15, 0.2) is 0 Å². The number of imidazole rings is 1. The van der Waals surface area contributed by atoms with Crippen molar-refractivity contribution in [3.8, 4) is 0 Å². The van der Waals surface area contributed by atoms with E-state index in [2.05, 4.69) is 42.3 Å². The van der Waals surface area contributed by atoms with Crippen LogP contribution < -0.4 is 4.57 Å². The molecule has 0 N–H and O–H groups in total. The van der Waals surface area contributed by atoms with Gasteiger partial charge in [-0.2, -0.15) is 0 Å². The lowest BCUT2D eigenvalue weighted by atomic mass is 10.0. The van der Waals surface area contributed by atoms with Crippen LogP contribution in [0.3, 0.4) is 0 Å². The van der Waals surface area contributed by atoms with E-state index in [0.717, 1.165) is 0 Å². The van der Waals surface area contributed by atoms with Crippen molar-refractivity contribution in [2.45, 2.75) is 265 Å². The van der Waals surface area contributed by atoms with Crippen molar-refractivity contribution >= 4 is 0 Å². The van der Waals surface area contributed by atoms with E-state index in [9.17, 15) is 0 Å². The zero-order valence-electron chi connectivity index (χ0n) is 32.4. The molecular formula is C44H87N2+. The van der Waals surface area contributed by atoms with Gasteiger partial charge in [-0.1, -0.05) is 213 Å². The highest BCUT2D eigenvalue weighted by Gasteiger charge is 2.16. The lowest BCUT2D eigenvalue weighted by Crippen LogP contribution is -2.37. The zero-order chi connectivity index (χ0) is 33.0. The van der Waals surface area contributed by atoms with E-state index >= 15 is 0 Å². The molecule has 0 saturated carbocycles. The van der Waals surface area contributed by atoms with E-state index < -0.39 is 0 Å². The largest absolute Gasteiger partial charge is 0.256 e. The molecule has 272 valence electrons. The molecule has 0 aliphatic heterocycles. The van der Waals surface area contributed by atoms with Crippen molar-refractivity contribution in [2.75, 3.05) is 0 Å². The lowest BCUT2D eigenvalue weighted by Gasteiger charge is -2.07. The standard InChI is InChI=1S/C44H87N2/c1-4-7-10-13-15-17-19-21-22-23-24-26-28-30-32-35-38-41-46-43-42-45(44(46)39-36-33-12-9-6-3)40-37-34-31-29-27-25-20-18-16-14-11-8-5-2/h42-43H,4-41H2,1-3H3/q+1. The van der Waals surface area contributed by atoms with Gasteiger partial charge < -0.3 is 0 Å². The van der Waals surface area contributed by atoms with Crippen molar-refractivity contribution in [2.24, 2.45) is 0 Å². The highest BCUT2D eigenvalue weighted by atomic mass is 15.1. The Hall–Kier alpha value is -0.790. The number of unbranched alkanes of at least 4 members (excludes halogenated alkanes) is 32. The van der Waals surface area contributed by atoms with Crippen LogP contribution in [0.1, 0.15) is 251 Å². The summed E-state index contributed by atoms with van der Waals surface area (Å²) in [7, 11) is 0. The van der Waals surface area contributed by atoms with Gasteiger partial charge in [0.25, 0.3) is 5.82 Å². The van der Waals surface area contributed by atoms with Gasteiger partial charge in [-0.05, 0) is 32.1 Å². The highest BCUT2D eigenvalue weighted by molar-refractivity contribution is 4.84. The Bertz CT molecular complexity index is 707. The minimum atomic E-state index is 1.23. The van der Waals surface area contributed by atoms with Crippen LogP contribution >= 0.6 is 0 Å². The number of nitrogens with zero attached hydrogens (tertiary/aromatic N) is 2. The number of rotatable bonds is 38. The molecule has 0 spiro atoms. The Morgan fingerprint density at radius 2 is 0.674 bits per heavy atom. The summed E-state index contributed by atoms with van der Waals surface area (Å²) < 4.78 is 5.26. The van der Waals surface area contributed by atoms with Crippen LogP contribution in [0.5, 0.6) is 0 Å². The molecule has 1 aromatic rings. The Kier molecular flexibility index (Phi) is 33.4. The van der Waals surface area contributed by atoms with E-state index in [0.29, 0.717) is 0 Å². The van der Waals surface area contributed by atoms with Gasteiger partial charge in [0, 0.05) is 6.42 Å². The summed E-state index contributed by atoms with van der Waals surface area (Å²) in [5.74, 6) is 1.62. The second-order valence-corrected chi connectivity index (χ2v) is 15.2. The van der Waals surface area contributed by atoms with Crippen LogP contribution in [-0.4, -0.2) is 4.57 Å². The molecule has 0 aromatic carbocycles. The van der Waals surface area contributed by atoms with E-state index in [4.69, 9.17) is 0 Å². The summed E-state index contributed by atoms with van der Waals surface area (Å²) in [6, 6.07) is 0. The minimum Gasteiger partial charge on any atom is -0.234 e. The molecule has 1 heterocycles. The average molecular weight is 644 g/mol. The van der Waals surface area contributed by atoms with Crippen molar-refractivity contribution < 1.29 is 4.57 Å². The number of aromatic nitrogens is 2. The molecule has 0 amide bonds. The van der Waals surface area contributed by atoms with Gasteiger partial charge in [-0.15, -0.1) is 0 Å². The third kappa shape index (κ3) is 27.2. The fraction of sp³-hybridized carbons (Fsp3) is 0.932. The monoisotopic (exact) mass is 644 g/mol. The summed E-state index contributed by atoms with van der Waals surface area (Å²) in [5.41, 5.74) is 0. The predicted octanol–water partition coefficient (Wildman–Crippen LogP) is 15.0. The first-order valence-electron chi connectivity index (χ1n) is 21.9. The summed E-state index contributed by atoms with van der Waals surface area (Å²) in [4.78, 5) is 0. The topological polar surface area (TPSA) is 8.81 Å². The van der Waals surface area contributed by atoms with Crippen LogP contribution in [0.4, 0.5) is 0 Å². The highest BCUT2D eigenvalue weighted by Crippen LogP contribution is 2.16. The molecule has 1 rings (SSSR count). The first-order valence-corrected chi connectivity index (χ1v) is 21.9. The maximum absolute atomic E-state index is 2.63. The van der Waals surface area contributed by atoms with E-state index in [-0.39, 0.29) is 0 Å². The van der Waals surface area contributed by atoms with E-state index in [1.807, 2.05) is 0 Å². The van der Waals surface area contributed by atoms with Crippen LogP contribution in [0.25, 0.3) is 0 Å². The summed E-state index contributed by atoms with van der Waals surface area (Å²) in [5, 5.41) is 0. The van der Waals surface area contributed by atoms with Gasteiger partial charge in [0.05, 0.1) is 13.1 Å². The summed E-state index contributed by atoms with van der Waals surface area (Å²) in [6.07, 6.45) is 56.4. The number of hydrogen-bond acceptors (Lipinski definition) is 0. The van der Waals surface area contributed by atoms with E-state index in [1.54, 1.807) is 5.82 Å². The lowest BCUT2D eigenvalue weighted by molar-refractivity contribution is -0.704. The molecular weight excluding hydrogens is 556 g/mol. The Morgan fingerprint density at radius 3 is 1.04 bits per heavy atom. The van der Waals surface area contributed by atoms with Crippen LogP contribution in [0.15, 0.2) is 12.4 Å². The molecule has 0 bridgehead atoms. The van der Waals surface area contributed by atoms with Crippen LogP contribution in [0.2, 0.25) is 0 Å². The van der Waals surface area contributed by atoms with Crippen molar-refractivity contribution in [3.05, 3.63) is 18.2 Å². The molecule has 1 aromatic heterocycles. The molecule has 0 fully saturated rings. The minimum absolute atomic E-state index is 1.23. The first kappa shape index (κ1) is 43.2. The van der Waals surface area contributed by atoms with Gasteiger partial charge in [0.2, 0.25) is 0 Å². The molecule has 2 heteroatoms. The summed E-state index contributed by atoms with van der Waals surface area (Å²) >= 11 is 0. The SMILES string of the molecule is CCCCCCCCCCCCCCCCCCCn1cc[n+](CCCCCCCCCCCCCCC)c1CCCCCCC. The molecule has 0 saturated heterocycles. The fourth-order valence-corrected chi connectivity index (χ4v) is 7.39. The molecule has 0 unspecified atom stereocenters. The second-order valence-electron chi connectivity index (χ2n) is 15.2. The predicted molar refractivity (Wildman–Crippen MR) is 207 cm³/mol. The van der Waals surface area contributed by atoms with Gasteiger partial charge in [-0.3, -0.25) is 0 Å². The maximum Gasteiger partial charge on any atom is 0.256 e. The van der Waals surface area contributed by atoms with Gasteiger partial charge in [-0.25, -0.2) is 9.13 Å². The third-order valence-electron chi connectivity index (χ3n) is 10.6. The fourth-order valence-electron chi connectivity index (χ4n) is 7.39. The summed E-state index contributed by atoms with van der Waals surface area (Å²) in [6.45, 7) is 9.41. The Labute approximate surface area is 291 Å². The normalized spacial score (nSPS) is 11.6. The van der Waals surface area contributed by atoms with Crippen molar-refractivity contribution in [1.29, 1.82) is 0 Å². The Morgan fingerprint density at radius 1 is 0.370 bits per heavy atom. The average Bonchev–Trinajstić information content (AvgIpc) is 3.45. The van der Waals surface area contributed by atoms with E-state index in [1.165, 1.54) is 244 Å². The molecule has 46 heavy (non-hydrogen) atoms. The molecule has 0 atom stereocenters.